The molecule has 1 unspecified atom stereocenters. The highest BCUT2D eigenvalue weighted by Gasteiger charge is 2.31. The summed E-state index contributed by atoms with van der Waals surface area (Å²) < 4.78 is 0. The summed E-state index contributed by atoms with van der Waals surface area (Å²) in [5.74, 6) is 1.99. The predicted molar refractivity (Wildman–Crippen MR) is 99.2 cm³/mol. The SMILES string of the molecule is CCCC(CC1CCCC1)C(=O)N1CCC(CN2CCNC2=O)CC1. The Morgan fingerprint density at radius 3 is 2.44 bits per heavy atom. The van der Waals surface area contributed by atoms with Gasteiger partial charge in [0.2, 0.25) is 5.91 Å². The molecule has 3 amide bonds. The molecule has 2 saturated heterocycles. The minimum absolute atomic E-state index is 0.0816. The number of hydrogen-bond acceptors (Lipinski definition) is 2. The average molecular weight is 350 g/mol. The van der Waals surface area contributed by atoms with Crippen molar-refractivity contribution in [2.45, 2.75) is 64.7 Å². The van der Waals surface area contributed by atoms with Crippen LogP contribution in [0.1, 0.15) is 64.7 Å². The van der Waals surface area contributed by atoms with Crippen molar-refractivity contribution < 1.29 is 9.59 Å². The van der Waals surface area contributed by atoms with Gasteiger partial charge in [0.15, 0.2) is 0 Å². The van der Waals surface area contributed by atoms with Gasteiger partial charge in [-0.15, -0.1) is 0 Å². The zero-order valence-electron chi connectivity index (χ0n) is 15.8. The molecule has 0 aromatic rings. The summed E-state index contributed by atoms with van der Waals surface area (Å²) >= 11 is 0. The molecule has 0 radical (unpaired) electrons. The molecular weight excluding hydrogens is 314 g/mol. The second-order valence-corrected chi connectivity index (χ2v) is 8.32. The zero-order chi connectivity index (χ0) is 17.6. The number of carbonyl (C=O) groups excluding carboxylic acids is 2. The molecule has 0 aromatic heterocycles. The second kappa shape index (κ2) is 8.91. The van der Waals surface area contributed by atoms with Gasteiger partial charge in [-0.25, -0.2) is 4.79 Å². The summed E-state index contributed by atoms with van der Waals surface area (Å²) in [4.78, 5) is 28.8. The molecule has 25 heavy (non-hydrogen) atoms. The Bertz CT molecular complexity index is 454. The van der Waals surface area contributed by atoms with Crippen LogP contribution in [0, 0.1) is 17.8 Å². The minimum Gasteiger partial charge on any atom is -0.342 e. The predicted octanol–water partition coefficient (Wildman–Crippen LogP) is 3.25. The molecule has 0 spiro atoms. The van der Waals surface area contributed by atoms with Gasteiger partial charge in [0, 0.05) is 38.6 Å². The van der Waals surface area contributed by atoms with Crippen molar-refractivity contribution in [2.24, 2.45) is 17.8 Å². The van der Waals surface area contributed by atoms with E-state index in [0.717, 1.165) is 70.7 Å². The number of carbonyl (C=O) groups is 2. The topological polar surface area (TPSA) is 52.7 Å². The van der Waals surface area contributed by atoms with Gasteiger partial charge < -0.3 is 15.1 Å². The lowest BCUT2D eigenvalue weighted by atomic mass is 9.88. The maximum Gasteiger partial charge on any atom is 0.317 e. The highest BCUT2D eigenvalue weighted by molar-refractivity contribution is 5.79. The van der Waals surface area contributed by atoms with E-state index < -0.39 is 0 Å². The van der Waals surface area contributed by atoms with E-state index in [0.29, 0.717) is 11.8 Å². The number of rotatable bonds is 7. The van der Waals surface area contributed by atoms with E-state index in [9.17, 15) is 9.59 Å². The van der Waals surface area contributed by atoms with Crippen LogP contribution in [0.4, 0.5) is 4.79 Å². The Morgan fingerprint density at radius 2 is 1.84 bits per heavy atom. The lowest BCUT2D eigenvalue weighted by molar-refractivity contribution is -0.137. The van der Waals surface area contributed by atoms with Crippen LogP contribution >= 0.6 is 0 Å². The number of hydrogen-bond donors (Lipinski definition) is 1. The van der Waals surface area contributed by atoms with Gasteiger partial charge in [-0.1, -0.05) is 39.0 Å². The molecule has 0 aromatic carbocycles. The normalized spacial score (nSPS) is 24.0. The second-order valence-electron chi connectivity index (χ2n) is 8.32. The first kappa shape index (κ1) is 18.5. The fourth-order valence-corrected chi connectivity index (χ4v) is 4.93. The fourth-order valence-electron chi connectivity index (χ4n) is 4.93. The van der Waals surface area contributed by atoms with Crippen molar-refractivity contribution in [3.63, 3.8) is 0 Å². The van der Waals surface area contributed by atoms with Crippen LogP contribution in [0.25, 0.3) is 0 Å². The van der Waals surface area contributed by atoms with E-state index in [1.165, 1.54) is 25.7 Å². The van der Waals surface area contributed by atoms with Gasteiger partial charge in [-0.3, -0.25) is 4.79 Å². The molecule has 1 saturated carbocycles. The molecule has 3 rings (SSSR count). The molecule has 3 fully saturated rings. The van der Waals surface area contributed by atoms with Crippen LogP contribution in [0.5, 0.6) is 0 Å². The number of piperidine rings is 1. The first-order valence-corrected chi connectivity index (χ1v) is 10.5. The van der Waals surface area contributed by atoms with Crippen molar-refractivity contribution in [3.8, 4) is 0 Å². The van der Waals surface area contributed by atoms with Crippen LogP contribution in [-0.2, 0) is 4.79 Å². The summed E-state index contributed by atoms with van der Waals surface area (Å²) in [6.45, 7) is 6.41. The van der Waals surface area contributed by atoms with Crippen molar-refractivity contribution in [3.05, 3.63) is 0 Å². The van der Waals surface area contributed by atoms with Crippen LogP contribution in [0.3, 0.4) is 0 Å². The summed E-state index contributed by atoms with van der Waals surface area (Å²) in [5, 5.41) is 2.87. The molecule has 5 nitrogen and oxygen atoms in total. The van der Waals surface area contributed by atoms with E-state index in [1.54, 1.807) is 0 Å². The summed E-state index contributed by atoms with van der Waals surface area (Å²) in [7, 11) is 0. The number of nitrogens with zero attached hydrogens (tertiary/aromatic N) is 2. The Balaban J connectivity index is 1.46. The maximum atomic E-state index is 13.0. The van der Waals surface area contributed by atoms with Crippen LogP contribution in [0.2, 0.25) is 0 Å². The number of likely N-dealkylation sites (tertiary alicyclic amines) is 1. The Morgan fingerprint density at radius 1 is 1.12 bits per heavy atom. The third-order valence-electron chi connectivity index (χ3n) is 6.43. The fraction of sp³-hybridized carbons (Fsp3) is 0.900. The van der Waals surface area contributed by atoms with E-state index in [1.807, 2.05) is 4.90 Å². The van der Waals surface area contributed by atoms with Crippen molar-refractivity contribution in [1.82, 2.24) is 15.1 Å². The third-order valence-corrected chi connectivity index (χ3v) is 6.43. The van der Waals surface area contributed by atoms with Crippen molar-refractivity contribution in [1.29, 1.82) is 0 Å². The molecule has 1 atom stereocenters. The highest BCUT2D eigenvalue weighted by Crippen LogP contribution is 2.33. The standard InChI is InChI=1S/C20H35N3O2/c1-2-5-18(14-16-6-3-4-7-16)19(24)22-11-8-17(9-12-22)15-23-13-10-21-20(23)25/h16-18H,2-15H2,1H3,(H,21,25). The van der Waals surface area contributed by atoms with Gasteiger partial charge in [0.1, 0.15) is 0 Å². The molecule has 0 bridgehead atoms. The van der Waals surface area contributed by atoms with Gasteiger partial charge in [-0.05, 0) is 37.5 Å². The summed E-state index contributed by atoms with van der Waals surface area (Å²) in [5.41, 5.74) is 0. The Hall–Kier alpha value is -1.26. The zero-order valence-corrected chi connectivity index (χ0v) is 15.8. The molecule has 142 valence electrons. The van der Waals surface area contributed by atoms with Gasteiger partial charge in [0.05, 0.1) is 0 Å². The van der Waals surface area contributed by atoms with Crippen molar-refractivity contribution in [2.75, 3.05) is 32.7 Å². The van der Waals surface area contributed by atoms with Gasteiger partial charge in [0.25, 0.3) is 0 Å². The number of nitrogens with one attached hydrogen (secondary N) is 1. The maximum absolute atomic E-state index is 13.0. The lowest BCUT2D eigenvalue weighted by Crippen LogP contribution is -2.44. The quantitative estimate of drug-likeness (QED) is 0.767. The smallest absolute Gasteiger partial charge is 0.317 e. The minimum atomic E-state index is 0.0816. The van der Waals surface area contributed by atoms with E-state index >= 15 is 0 Å². The van der Waals surface area contributed by atoms with E-state index in [2.05, 4.69) is 17.1 Å². The molecule has 1 N–H and O–H groups in total. The van der Waals surface area contributed by atoms with E-state index in [4.69, 9.17) is 0 Å². The molecule has 2 heterocycles. The van der Waals surface area contributed by atoms with Crippen LogP contribution in [-0.4, -0.2) is 54.5 Å². The molecular formula is C20H35N3O2. The third kappa shape index (κ3) is 4.89. The number of amides is 3. The van der Waals surface area contributed by atoms with Crippen molar-refractivity contribution >= 4 is 11.9 Å². The summed E-state index contributed by atoms with van der Waals surface area (Å²) in [6.07, 6.45) is 10.7. The van der Waals surface area contributed by atoms with E-state index in [-0.39, 0.29) is 11.9 Å². The molecule has 5 heteroatoms. The average Bonchev–Trinajstić information content (AvgIpc) is 3.27. The van der Waals surface area contributed by atoms with Gasteiger partial charge >= 0.3 is 6.03 Å². The highest BCUT2D eigenvalue weighted by atomic mass is 16.2. The first-order chi connectivity index (χ1) is 12.2. The van der Waals surface area contributed by atoms with Crippen LogP contribution < -0.4 is 5.32 Å². The van der Waals surface area contributed by atoms with Gasteiger partial charge in [-0.2, -0.15) is 0 Å². The Kier molecular flexibility index (Phi) is 6.60. The lowest BCUT2D eigenvalue weighted by Gasteiger charge is -2.36. The Labute approximate surface area is 152 Å². The molecule has 1 aliphatic carbocycles. The van der Waals surface area contributed by atoms with Crippen LogP contribution in [0.15, 0.2) is 0 Å². The molecule has 3 aliphatic rings. The number of urea groups is 1. The molecule has 2 aliphatic heterocycles. The summed E-state index contributed by atoms with van der Waals surface area (Å²) in [6, 6.07) is 0.0816. The largest absolute Gasteiger partial charge is 0.342 e. The first-order valence-electron chi connectivity index (χ1n) is 10.5. The monoisotopic (exact) mass is 349 g/mol.